The number of hydrogen-bond acceptors (Lipinski definition) is 3. The molecule has 0 fully saturated rings. The van der Waals surface area contributed by atoms with Crippen LogP contribution in [0.25, 0.3) is 0 Å². The molecule has 0 spiro atoms. The molecule has 12 heavy (non-hydrogen) atoms. The molecule has 1 N–H and O–H groups in total. The van der Waals surface area contributed by atoms with Crippen LogP contribution < -0.4 is 0 Å². The van der Waals surface area contributed by atoms with E-state index in [0.717, 1.165) is 0 Å². The van der Waals surface area contributed by atoms with E-state index < -0.39 is 23.8 Å². The molecular formula is C5H2BrF2NO3. The highest BCUT2D eigenvalue weighted by Crippen LogP contribution is 2.25. The standard InChI is InChI=1S/C5H2BrF2NO3/c6-5-9-1(3(7)8)2(12-5)4(10)11/h3H,(H,10,11). The third-order valence-corrected chi connectivity index (χ3v) is 1.37. The summed E-state index contributed by atoms with van der Waals surface area (Å²) in [4.78, 5) is 13.1. The van der Waals surface area contributed by atoms with E-state index in [1.165, 1.54) is 0 Å². The molecule has 0 bridgehead atoms. The van der Waals surface area contributed by atoms with Gasteiger partial charge in [-0.05, 0) is 0 Å². The van der Waals surface area contributed by atoms with Crippen LogP contribution in [0.2, 0.25) is 0 Å². The smallest absolute Gasteiger partial charge is 0.374 e. The van der Waals surface area contributed by atoms with Crippen LogP contribution in [0.4, 0.5) is 8.78 Å². The van der Waals surface area contributed by atoms with Crippen molar-refractivity contribution < 1.29 is 23.1 Å². The minimum absolute atomic E-state index is 0.268. The molecule has 1 rings (SSSR count). The van der Waals surface area contributed by atoms with Crippen molar-refractivity contribution in [3.05, 3.63) is 16.3 Å². The Labute approximate surface area is 73.3 Å². The zero-order valence-electron chi connectivity index (χ0n) is 5.42. The van der Waals surface area contributed by atoms with Crippen molar-refractivity contribution in [3.8, 4) is 0 Å². The SMILES string of the molecule is O=C(O)c1oc(Br)nc1C(F)F. The number of aromatic carboxylic acids is 1. The Hall–Kier alpha value is -0.980. The lowest BCUT2D eigenvalue weighted by Crippen LogP contribution is -1.99. The molecule has 1 aromatic heterocycles. The zero-order chi connectivity index (χ0) is 9.30. The number of halogens is 3. The molecule has 4 nitrogen and oxygen atoms in total. The summed E-state index contributed by atoms with van der Waals surface area (Å²) in [5, 5.41) is 8.34. The third kappa shape index (κ3) is 1.60. The van der Waals surface area contributed by atoms with E-state index in [1.807, 2.05) is 0 Å². The molecule has 7 heteroatoms. The second-order valence-electron chi connectivity index (χ2n) is 1.79. The molecule has 0 radical (unpaired) electrons. The second-order valence-corrected chi connectivity index (χ2v) is 2.47. The fraction of sp³-hybridized carbons (Fsp3) is 0.200. The summed E-state index contributed by atoms with van der Waals surface area (Å²) >= 11 is 2.65. The highest BCUT2D eigenvalue weighted by atomic mass is 79.9. The molecule has 0 amide bonds. The molecule has 0 aliphatic carbocycles. The van der Waals surface area contributed by atoms with Crippen molar-refractivity contribution in [3.63, 3.8) is 0 Å². The van der Waals surface area contributed by atoms with E-state index in [-0.39, 0.29) is 4.80 Å². The maximum absolute atomic E-state index is 12.0. The Balaban J connectivity index is 3.17. The first-order chi connectivity index (χ1) is 5.52. The van der Waals surface area contributed by atoms with Crippen molar-refractivity contribution in [1.29, 1.82) is 0 Å². The van der Waals surface area contributed by atoms with Gasteiger partial charge in [0.1, 0.15) is 0 Å². The summed E-state index contributed by atoms with van der Waals surface area (Å²) in [6.07, 6.45) is -2.95. The average Bonchev–Trinajstić information content (AvgIpc) is 2.31. The highest BCUT2D eigenvalue weighted by Gasteiger charge is 2.25. The van der Waals surface area contributed by atoms with Crippen LogP contribution in [0.1, 0.15) is 22.7 Å². The molecule has 0 saturated carbocycles. The maximum Gasteiger partial charge on any atom is 0.374 e. The quantitative estimate of drug-likeness (QED) is 0.862. The lowest BCUT2D eigenvalue weighted by molar-refractivity contribution is 0.0644. The summed E-state index contributed by atoms with van der Waals surface area (Å²) in [5.41, 5.74) is -0.866. The molecule has 0 aliphatic heterocycles. The minimum atomic E-state index is -2.95. The van der Waals surface area contributed by atoms with Gasteiger partial charge in [0.05, 0.1) is 0 Å². The van der Waals surface area contributed by atoms with Crippen LogP contribution in [0.3, 0.4) is 0 Å². The molecule has 1 aromatic rings. The summed E-state index contributed by atoms with van der Waals surface area (Å²) < 4.78 is 28.4. The number of carboxylic acid groups (broad SMARTS) is 1. The molecule has 0 unspecified atom stereocenters. The van der Waals surface area contributed by atoms with Gasteiger partial charge in [-0.15, -0.1) is 0 Å². The number of aromatic nitrogens is 1. The molecular weight excluding hydrogens is 240 g/mol. The van der Waals surface area contributed by atoms with Crippen molar-refractivity contribution >= 4 is 21.9 Å². The number of rotatable bonds is 2. The first kappa shape index (κ1) is 9.11. The van der Waals surface area contributed by atoms with E-state index in [2.05, 4.69) is 25.3 Å². The largest absolute Gasteiger partial charge is 0.475 e. The maximum atomic E-state index is 12.0. The van der Waals surface area contributed by atoms with Gasteiger partial charge < -0.3 is 9.52 Å². The van der Waals surface area contributed by atoms with Gasteiger partial charge in [-0.1, -0.05) is 0 Å². The van der Waals surface area contributed by atoms with E-state index >= 15 is 0 Å². The summed E-state index contributed by atoms with van der Waals surface area (Å²) in [5.74, 6) is -2.40. The van der Waals surface area contributed by atoms with Crippen LogP contribution in [0, 0.1) is 0 Å². The molecule has 1 heterocycles. The monoisotopic (exact) mass is 241 g/mol. The number of alkyl halides is 2. The Morgan fingerprint density at radius 2 is 2.25 bits per heavy atom. The van der Waals surface area contributed by atoms with Gasteiger partial charge in [-0.25, -0.2) is 18.6 Å². The Morgan fingerprint density at radius 1 is 1.67 bits per heavy atom. The summed E-state index contributed by atoms with van der Waals surface area (Å²) in [6, 6.07) is 0. The first-order valence-corrected chi connectivity index (χ1v) is 3.49. The fourth-order valence-electron chi connectivity index (χ4n) is 0.606. The predicted molar refractivity (Wildman–Crippen MR) is 36.1 cm³/mol. The van der Waals surface area contributed by atoms with Gasteiger partial charge in [-0.3, -0.25) is 0 Å². The van der Waals surface area contributed by atoms with Crippen LogP contribution in [0.15, 0.2) is 9.22 Å². The summed E-state index contributed by atoms with van der Waals surface area (Å²) in [7, 11) is 0. The molecule has 66 valence electrons. The van der Waals surface area contributed by atoms with Gasteiger partial charge in [-0.2, -0.15) is 0 Å². The Kier molecular flexibility index (Phi) is 2.41. The minimum Gasteiger partial charge on any atom is -0.475 e. The molecule has 0 aromatic carbocycles. The van der Waals surface area contributed by atoms with Crippen LogP contribution in [0.5, 0.6) is 0 Å². The second kappa shape index (κ2) is 3.18. The molecule has 0 atom stereocenters. The van der Waals surface area contributed by atoms with Crippen molar-refractivity contribution in [2.24, 2.45) is 0 Å². The Morgan fingerprint density at radius 3 is 2.58 bits per heavy atom. The lowest BCUT2D eigenvalue weighted by Gasteiger charge is -1.91. The zero-order valence-corrected chi connectivity index (χ0v) is 7.01. The molecule has 0 saturated heterocycles. The van der Waals surface area contributed by atoms with Crippen molar-refractivity contribution in [1.82, 2.24) is 4.98 Å². The number of hydrogen-bond donors (Lipinski definition) is 1. The van der Waals surface area contributed by atoms with Crippen LogP contribution in [-0.4, -0.2) is 16.1 Å². The van der Waals surface area contributed by atoms with E-state index in [9.17, 15) is 13.6 Å². The number of carboxylic acids is 1. The number of nitrogens with zero attached hydrogens (tertiary/aromatic N) is 1. The number of carbonyl (C=O) groups is 1. The van der Waals surface area contributed by atoms with Gasteiger partial charge in [0.25, 0.3) is 11.2 Å². The van der Waals surface area contributed by atoms with Crippen molar-refractivity contribution in [2.45, 2.75) is 6.43 Å². The van der Waals surface area contributed by atoms with Gasteiger partial charge in [0.2, 0.25) is 5.76 Å². The van der Waals surface area contributed by atoms with Crippen molar-refractivity contribution in [2.75, 3.05) is 0 Å². The van der Waals surface area contributed by atoms with Crippen LogP contribution >= 0.6 is 15.9 Å². The average molecular weight is 242 g/mol. The third-order valence-electron chi connectivity index (χ3n) is 1.03. The van der Waals surface area contributed by atoms with Crippen LogP contribution in [-0.2, 0) is 0 Å². The van der Waals surface area contributed by atoms with Gasteiger partial charge in [0.15, 0.2) is 5.69 Å². The Bertz CT molecular complexity index is 312. The van der Waals surface area contributed by atoms with E-state index in [1.54, 1.807) is 0 Å². The van der Waals surface area contributed by atoms with E-state index in [0.29, 0.717) is 0 Å². The molecule has 0 aliphatic rings. The predicted octanol–water partition coefficient (Wildman–Crippen LogP) is 2.07. The first-order valence-electron chi connectivity index (χ1n) is 2.70. The normalized spacial score (nSPS) is 10.7. The topological polar surface area (TPSA) is 63.3 Å². The number of oxazole rings is 1. The fourth-order valence-corrected chi connectivity index (χ4v) is 0.959. The van der Waals surface area contributed by atoms with Gasteiger partial charge >= 0.3 is 5.97 Å². The van der Waals surface area contributed by atoms with Gasteiger partial charge in [0, 0.05) is 15.9 Å². The lowest BCUT2D eigenvalue weighted by atomic mass is 10.3. The van der Waals surface area contributed by atoms with E-state index in [4.69, 9.17) is 5.11 Å². The highest BCUT2D eigenvalue weighted by molar-refractivity contribution is 9.10. The summed E-state index contributed by atoms with van der Waals surface area (Å²) in [6.45, 7) is 0.